The molecule has 1 unspecified atom stereocenters. The fourth-order valence-corrected chi connectivity index (χ4v) is 1.77. The second-order valence-electron chi connectivity index (χ2n) is 3.67. The minimum absolute atomic E-state index is 0.203. The van der Waals surface area contributed by atoms with Crippen molar-refractivity contribution in [3.05, 3.63) is 34.3 Å². The van der Waals surface area contributed by atoms with Gasteiger partial charge in [-0.05, 0) is 31.8 Å². The maximum Gasteiger partial charge on any atom is 0.417 e. The number of oxazole rings is 1. The van der Waals surface area contributed by atoms with E-state index in [0.29, 0.717) is 5.58 Å². The maximum absolute atomic E-state index is 11.0. The third-order valence-electron chi connectivity index (χ3n) is 2.60. The standard InChI is InChI=1S/C11H15N3O2/c1-12-6-9(13-2)7-3-4-8-10(5-7)16-11(15)14-8/h3-5,9,12-13H,6H2,1-2H3,(H,14,15). The van der Waals surface area contributed by atoms with Gasteiger partial charge in [-0.25, -0.2) is 4.79 Å². The number of aromatic nitrogens is 1. The van der Waals surface area contributed by atoms with Crippen LogP contribution in [0.2, 0.25) is 0 Å². The smallest absolute Gasteiger partial charge is 0.408 e. The van der Waals surface area contributed by atoms with Gasteiger partial charge in [-0.2, -0.15) is 0 Å². The normalized spacial score (nSPS) is 13.1. The lowest BCUT2D eigenvalue weighted by molar-refractivity contribution is 0.546. The number of hydrogen-bond acceptors (Lipinski definition) is 4. The molecule has 0 aliphatic heterocycles. The number of aromatic amines is 1. The molecule has 5 nitrogen and oxygen atoms in total. The summed E-state index contributed by atoms with van der Waals surface area (Å²) in [6.07, 6.45) is 0. The van der Waals surface area contributed by atoms with Gasteiger partial charge in [0.15, 0.2) is 5.58 Å². The first-order valence-electron chi connectivity index (χ1n) is 5.19. The van der Waals surface area contributed by atoms with Crippen LogP contribution in [-0.4, -0.2) is 25.6 Å². The lowest BCUT2D eigenvalue weighted by atomic mass is 10.1. The van der Waals surface area contributed by atoms with Crippen molar-refractivity contribution in [1.29, 1.82) is 0 Å². The summed E-state index contributed by atoms with van der Waals surface area (Å²) in [6.45, 7) is 0.816. The number of H-pyrrole nitrogens is 1. The highest BCUT2D eigenvalue weighted by Gasteiger charge is 2.10. The number of hydrogen-bond donors (Lipinski definition) is 3. The fourth-order valence-electron chi connectivity index (χ4n) is 1.77. The molecular formula is C11H15N3O2. The van der Waals surface area contributed by atoms with Gasteiger partial charge in [-0.15, -0.1) is 0 Å². The van der Waals surface area contributed by atoms with Crippen LogP contribution < -0.4 is 16.4 Å². The van der Waals surface area contributed by atoms with Gasteiger partial charge in [0.1, 0.15) is 0 Å². The van der Waals surface area contributed by atoms with Crippen LogP contribution in [-0.2, 0) is 0 Å². The number of nitrogens with one attached hydrogen (secondary N) is 3. The Kier molecular flexibility index (Phi) is 3.07. The summed E-state index contributed by atoms with van der Waals surface area (Å²) in [5.74, 6) is -0.415. The fraction of sp³-hybridized carbons (Fsp3) is 0.364. The van der Waals surface area contributed by atoms with Crippen molar-refractivity contribution in [2.75, 3.05) is 20.6 Å². The summed E-state index contributed by atoms with van der Waals surface area (Å²) in [5.41, 5.74) is 2.42. The van der Waals surface area contributed by atoms with Crippen molar-refractivity contribution in [2.24, 2.45) is 0 Å². The largest absolute Gasteiger partial charge is 0.417 e. The Morgan fingerprint density at radius 3 is 2.94 bits per heavy atom. The number of benzene rings is 1. The maximum atomic E-state index is 11.0. The average Bonchev–Trinajstić information content (AvgIpc) is 2.64. The average molecular weight is 221 g/mol. The zero-order chi connectivity index (χ0) is 11.5. The SMILES string of the molecule is CNCC(NC)c1ccc2[nH]c(=O)oc2c1. The monoisotopic (exact) mass is 221 g/mol. The van der Waals surface area contributed by atoms with Gasteiger partial charge in [0.2, 0.25) is 0 Å². The number of fused-ring (bicyclic) bond motifs is 1. The first-order chi connectivity index (χ1) is 7.74. The van der Waals surface area contributed by atoms with Crippen LogP contribution in [0.4, 0.5) is 0 Å². The van der Waals surface area contributed by atoms with Crippen molar-refractivity contribution < 1.29 is 4.42 Å². The van der Waals surface area contributed by atoms with E-state index in [1.807, 2.05) is 32.3 Å². The Morgan fingerprint density at radius 2 is 2.25 bits per heavy atom. The van der Waals surface area contributed by atoms with Crippen molar-refractivity contribution >= 4 is 11.1 Å². The van der Waals surface area contributed by atoms with Crippen molar-refractivity contribution in [2.45, 2.75) is 6.04 Å². The highest BCUT2D eigenvalue weighted by atomic mass is 16.4. The third-order valence-corrected chi connectivity index (χ3v) is 2.60. The molecule has 16 heavy (non-hydrogen) atoms. The molecular weight excluding hydrogens is 206 g/mol. The summed E-state index contributed by atoms with van der Waals surface area (Å²) in [4.78, 5) is 13.6. The van der Waals surface area contributed by atoms with Gasteiger partial charge in [0, 0.05) is 12.6 Å². The molecule has 1 aromatic heterocycles. The second-order valence-corrected chi connectivity index (χ2v) is 3.67. The number of likely N-dealkylation sites (N-methyl/N-ethyl adjacent to an activating group) is 2. The first-order valence-corrected chi connectivity index (χ1v) is 5.19. The van der Waals surface area contributed by atoms with E-state index in [-0.39, 0.29) is 6.04 Å². The van der Waals surface area contributed by atoms with Crippen molar-refractivity contribution in [1.82, 2.24) is 15.6 Å². The van der Waals surface area contributed by atoms with Crippen LogP contribution in [0.15, 0.2) is 27.4 Å². The van der Waals surface area contributed by atoms with Crippen LogP contribution >= 0.6 is 0 Å². The van der Waals surface area contributed by atoms with E-state index in [9.17, 15) is 4.79 Å². The van der Waals surface area contributed by atoms with Gasteiger partial charge in [0.25, 0.3) is 0 Å². The molecule has 0 radical (unpaired) electrons. The molecule has 5 heteroatoms. The molecule has 1 atom stereocenters. The molecule has 0 saturated heterocycles. The topological polar surface area (TPSA) is 70.1 Å². The molecule has 86 valence electrons. The summed E-state index contributed by atoms with van der Waals surface area (Å²) in [5, 5.41) is 6.31. The van der Waals surface area contributed by atoms with Gasteiger partial charge >= 0.3 is 5.76 Å². The van der Waals surface area contributed by atoms with Crippen LogP contribution in [0.3, 0.4) is 0 Å². The minimum Gasteiger partial charge on any atom is -0.408 e. The molecule has 2 aromatic rings. The molecule has 3 N–H and O–H groups in total. The van der Waals surface area contributed by atoms with Crippen LogP contribution in [0, 0.1) is 0 Å². The summed E-state index contributed by atoms with van der Waals surface area (Å²) in [6, 6.07) is 5.92. The molecule has 0 spiro atoms. The highest BCUT2D eigenvalue weighted by Crippen LogP contribution is 2.17. The predicted molar refractivity (Wildman–Crippen MR) is 62.6 cm³/mol. The third kappa shape index (κ3) is 2.00. The van der Waals surface area contributed by atoms with E-state index in [4.69, 9.17) is 4.42 Å². The van der Waals surface area contributed by atoms with Crippen LogP contribution in [0.25, 0.3) is 11.1 Å². The van der Waals surface area contributed by atoms with Crippen molar-refractivity contribution in [3.8, 4) is 0 Å². The van der Waals surface area contributed by atoms with E-state index >= 15 is 0 Å². The van der Waals surface area contributed by atoms with Gasteiger partial charge in [-0.1, -0.05) is 6.07 Å². The minimum atomic E-state index is -0.415. The van der Waals surface area contributed by atoms with Gasteiger partial charge < -0.3 is 15.1 Å². The van der Waals surface area contributed by atoms with Crippen molar-refractivity contribution in [3.63, 3.8) is 0 Å². The lowest BCUT2D eigenvalue weighted by Crippen LogP contribution is -2.27. The molecule has 0 amide bonds. The second kappa shape index (κ2) is 4.51. The van der Waals surface area contributed by atoms with Gasteiger partial charge in [0.05, 0.1) is 5.52 Å². The molecule has 0 aliphatic carbocycles. The van der Waals surface area contributed by atoms with Crippen LogP contribution in [0.5, 0.6) is 0 Å². The zero-order valence-electron chi connectivity index (χ0n) is 9.33. The Labute approximate surface area is 92.8 Å². The zero-order valence-corrected chi connectivity index (χ0v) is 9.33. The quantitative estimate of drug-likeness (QED) is 0.707. The Morgan fingerprint density at radius 1 is 1.44 bits per heavy atom. The van der Waals surface area contributed by atoms with Gasteiger partial charge in [-0.3, -0.25) is 4.98 Å². The molecule has 0 fully saturated rings. The molecule has 0 saturated carbocycles. The molecule has 2 rings (SSSR count). The number of rotatable bonds is 4. The van der Waals surface area contributed by atoms with E-state index in [0.717, 1.165) is 17.6 Å². The lowest BCUT2D eigenvalue weighted by Gasteiger charge is -2.15. The summed E-state index contributed by atoms with van der Waals surface area (Å²) in [7, 11) is 3.80. The summed E-state index contributed by atoms with van der Waals surface area (Å²) >= 11 is 0. The van der Waals surface area contributed by atoms with E-state index in [1.165, 1.54) is 0 Å². The van der Waals surface area contributed by atoms with Crippen LogP contribution in [0.1, 0.15) is 11.6 Å². The first kappa shape index (κ1) is 10.9. The highest BCUT2D eigenvalue weighted by molar-refractivity contribution is 5.72. The Balaban J connectivity index is 2.40. The summed E-state index contributed by atoms with van der Waals surface area (Å²) < 4.78 is 5.02. The predicted octanol–water partition coefficient (Wildman–Crippen LogP) is 0.601. The molecule has 0 bridgehead atoms. The van der Waals surface area contributed by atoms with E-state index in [1.54, 1.807) is 0 Å². The molecule has 1 heterocycles. The molecule has 1 aromatic carbocycles. The van der Waals surface area contributed by atoms with E-state index in [2.05, 4.69) is 15.6 Å². The Hall–Kier alpha value is -1.59. The van der Waals surface area contributed by atoms with E-state index < -0.39 is 5.76 Å². The molecule has 0 aliphatic rings. The Bertz CT molecular complexity index is 529.